The van der Waals surface area contributed by atoms with Crippen LogP contribution < -0.4 is 10.6 Å². The predicted molar refractivity (Wildman–Crippen MR) is 294 cm³/mol. The van der Waals surface area contributed by atoms with Gasteiger partial charge < -0.3 is 44.6 Å². The number of H-pyrrole nitrogens is 2. The Balaban J connectivity index is 0.00000103. The summed E-state index contributed by atoms with van der Waals surface area (Å²) in [6.07, 6.45) is 7.13. The third-order valence-corrected chi connectivity index (χ3v) is 11.0. The molecule has 3 amide bonds. The number of amides is 3. The lowest BCUT2D eigenvalue weighted by atomic mass is 9.97. The number of carbonyl (C=O) groups excluding carboxylic acids is 4. The van der Waals surface area contributed by atoms with Gasteiger partial charge in [-0.2, -0.15) is 0 Å². The second-order valence-electron chi connectivity index (χ2n) is 15.9. The van der Waals surface area contributed by atoms with Crippen LogP contribution in [0.15, 0.2) is 60.7 Å². The second kappa shape index (κ2) is 35.1. The number of aromatic nitrogens is 4. The number of hydrogen-bond acceptors (Lipinski definition) is 10. The molecule has 6 aromatic rings. The highest BCUT2D eigenvalue weighted by Gasteiger charge is 2.43. The number of benzene rings is 4. The number of carbonyl (C=O) groups is 4. The second-order valence-corrected chi connectivity index (χ2v) is 15.9. The number of aromatic amines is 2. The Morgan fingerprint density at radius 1 is 0.775 bits per heavy atom. The molecule has 2 aromatic heterocycles. The van der Waals surface area contributed by atoms with E-state index in [1.165, 1.54) is 39.9 Å². The van der Waals surface area contributed by atoms with E-state index in [-0.39, 0.29) is 18.4 Å². The largest absolute Gasteiger partial charge is 0.471 e. The Morgan fingerprint density at radius 3 is 1.77 bits per heavy atom. The molecule has 2 saturated heterocycles. The van der Waals surface area contributed by atoms with Gasteiger partial charge in [-0.15, -0.1) is 0 Å². The summed E-state index contributed by atoms with van der Waals surface area (Å²) in [5.41, 5.74) is 5.32. The number of nitrogens with zero attached hydrogens (tertiary/aromatic N) is 4. The van der Waals surface area contributed by atoms with Crippen LogP contribution in [0.4, 0.5) is 4.79 Å². The Labute approximate surface area is 424 Å². The molecule has 0 bridgehead atoms. The highest BCUT2D eigenvalue weighted by Crippen LogP contribution is 2.39. The van der Waals surface area contributed by atoms with Crippen molar-refractivity contribution in [3.05, 3.63) is 72.3 Å². The zero-order chi connectivity index (χ0) is 53.4. The molecule has 0 saturated carbocycles. The van der Waals surface area contributed by atoms with Crippen molar-refractivity contribution in [3.63, 3.8) is 0 Å². The van der Waals surface area contributed by atoms with Crippen LogP contribution in [0.2, 0.25) is 0 Å². The molecule has 15 nitrogen and oxygen atoms in total. The summed E-state index contributed by atoms with van der Waals surface area (Å²) in [4.78, 5) is 66.7. The molecule has 394 valence electrons. The fourth-order valence-corrected chi connectivity index (χ4v) is 7.96. The summed E-state index contributed by atoms with van der Waals surface area (Å²) in [6.45, 7) is 28.5. The Hall–Kier alpha value is -6.06. The average Bonchev–Trinajstić information content (AvgIpc) is 4.18. The number of rotatable bonds is 11. The van der Waals surface area contributed by atoms with Crippen LogP contribution in [-0.2, 0) is 40.7 Å². The highest BCUT2D eigenvalue weighted by molar-refractivity contribution is 6.07. The van der Waals surface area contributed by atoms with Gasteiger partial charge in [-0.1, -0.05) is 119 Å². The molecule has 71 heavy (non-hydrogen) atoms. The van der Waals surface area contributed by atoms with Crippen molar-refractivity contribution in [2.75, 3.05) is 60.7 Å². The first kappa shape index (κ1) is 63.0. The highest BCUT2D eigenvalue weighted by atomic mass is 16.5. The van der Waals surface area contributed by atoms with Crippen LogP contribution in [0, 0.1) is 0 Å². The van der Waals surface area contributed by atoms with Crippen LogP contribution in [0.5, 0.6) is 0 Å². The lowest BCUT2D eigenvalue weighted by molar-refractivity contribution is -0.134. The summed E-state index contributed by atoms with van der Waals surface area (Å²) in [5.74, 6) is 1.39. The van der Waals surface area contributed by atoms with Crippen molar-refractivity contribution < 1.29 is 33.4 Å². The van der Waals surface area contributed by atoms with Crippen LogP contribution in [-0.4, -0.2) is 115 Å². The molecule has 0 radical (unpaired) electrons. The number of alkyl carbamates (subject to hydrolysis) is 1. The van der Waals surface area contributed by atoms with Crippen molar-refractivity contribution in [1.82, 2.24) is 40.4 Å². The minimum atomic E-state index is -0.641. The molecule has 4 N–H and O–H groups in total. The van der Waals surface area contributed by atoms with Gasteiger partial charge in [-0.3, -0.25) is 14.4 Å². The molecular formula is C56H88N8O7. The summed E-state index contributed by atoms with van der Waals surface area (Å²) in [5, 5.41) is 9.69. The fourth-order valence-electron chi connectivity index (χ4n) is 7.96. The van der Waals surface area contributed by atoms with Gasteiger partial charge in [0.1, 0.15) is 18.2 Å². The maximum Gasteiger partial charge on any atom is 0.407 e. The van der Waals surface area contributed by atoms with Gasteiger partial charge in [0, 0.05) is 37.1 Å². The van der Waals surface area contributed by atoms with Gasteiger partial charge in [0.25, 0.3) is 6.47 Å². The van der Waals surface area contributed by atoms with Gasteiger partial charge in [-0.05, 0) is 98.7 Å². The van der Waals surface area contributed by atoms with Gasteiger partial charge in [-0.25, -0.2) is 14.8 Å². The molecule has 4 heterocycles. The zero-order valence-corrected chi connectivity index (χ0v) is 45.9. The van der Waals surface area contributed by atoms with E-state index < -0.39 is 11.6 Å². The molecule has 2 fully saturated rings. The fraction of sp³-hybridized carbons (Fsp3) is 0.536. The number of ether oxygens (including phenoxy) is 3. The van der Waals surface area contributed by atoms with E-state index >= 15 is 0 Å². The minimum Gasteiger partial charge on any atom is -0.471 e. The number of nitrogens with one attached hydrogen (secondary N) is 4. The topological polar surface area (TPSA) is 184 Å². The zero-order valence-electron chi connectivity index (χ0n) is 45.9. The first-order valence-corrected chi connectivity index (χ1v) is 26.0. The van der Waals surface area contributed by atoms with E-state index in [0.29, 0.717) is 31.9 Å². The number of hydrogen-bond donors (Lipinski definition) is 4. The summed E-state index contributed by atoms with van der Waals surface area (Å²) >= 11 is 0. The molecule has 2 aliphatic rings. The number of likely N-dealkylation sites (tertiary alicyclic amines) is 1. The van der Waals surface area contributed by atoms with Crippen molar-refractivity contribution in [1.29, 1.82) is 0 Å². The van der Waals surface area contributed by atoms with Crippen molar-refractivity contribution in [2.45, 2.75) is 140 Å². The lowest BCUT2D eigenvalue weighted by Gasteiger charge is -2.33. The van der Waals surface area contributed by atoms with Gasteiger partial charge in [0.2, 0.25) is 11.8 Å². The molecule has 0 unspecified atom stereocenters. The van der Waals surface area contributed by atoms with Gasteiger partial charge >= 0.3 is 6.09 Å². The normalized spacial score (nSPS) is 14.3. The van der Waals surface area contributed by atoms with Crippen LogP contribution >= 0.6 is 0 Å². The van der Waals surface area contributed by atoms with Crippen LogP contribution in [0.1, 0.15) is 140 Å². The molecule has 0 spiro atoms. The average molecular weight is 985 g/mol. The van der Waals surface area contributed by atoms with Crippen molar-refractivity contribution in [3.8, 4) is 11.1 Å². The molecule has 8 rings (SSSR count). The van der Waals surface area contributed by atoms with Gasteiger partial charge in [0.05, 0.1) is 54.9 Å². The predicted octanol–water partition coefficient (Wildman–Crippen LogP) is 12.1. The molecule has 2 aliphatic heterocycles. The van der Waals surface area contributed by atoms with E-state index in [2.05, 4.69) is 105 Å². The van der Waals surface area contributed by atoms with Crippen molar-refractivity contribution in [2.24, 2.45) is 0 Å². The Bertz CT molecular complexity index is 2450. The molecule has 0 aliphatic carbocycles. The van der Waals surface area contributed by atoms with Crippen LogP contribution in [0.25, 0.3) is 54.7 Å². The SMILES string of the molecule is C1CCOCC1.CC.CC.CC.CC.CCC.CCCN(Cc1nc2c(ccc3cc(-c4ccc5c(ccc6[nH]c([C@]7(C)CCCN7C(=O)CNC)nc65)c4)ccc32)[nH]1)C(=O)CNC(=O)OC.COC=O. The molecule has 4 aromatic carbocycles. The molecular weight excluding hydrogens is 897 g/mol. The number of imidazole rings is 2. The van der Waals surface area contributed by atoms with Crippen molar-refractivity contribution >= 4 is 68.0 Å². The third-order valence-electron chi connectivity index (χ3n) is 11.0. The monoisotopic (exact) mass is 985 g/mol. The minimum absolute atomic E-state index is 0.0863. The molecule has 1 atom stereocenters. The number of methoxy groups -OCH3 is 2. The number of likely N-dealkylation sites (N-methyl/N-ethyl adjacent to an activating group) is 1. The van der Waals surface area contributed by atoms with E-state index in [9.17, 15) is 14.4 Å². The van der Waals surface area contributed by atoms with Gasteiger partial charge in [0.15, 0.2) is 0 Å². The first-order chi connectivity index (χ1) is 34.5. The summed E-state index contributed by atoms with van der Waals surface area (Å²) in [6, 6.07) is 21.2. The van der Waals surface area contributed by atoms with E-state index in [1.54, 1.807) is 11.9 Å². The van der Waals surface area contributed by atoms with Crippen LogP contribution in [0.3, 0.4) is 0 Å². The Kier molecular flexibility index (Phi) is 31.1. The maximum absolute atomic E-state index is 12.9. The smallest absolute Gasteiger partial charge is 0.407 e. The summed E-state index contributed by atoms with van der Waals surface area (Å²) < 4.78 is 13.5. The standard InChI is InChI=1S/C38H42N8O4.C5H10O.C3H8.C2H4O2.4C2H6/c1-5-16-45(32(47)21-40-37(49)50-4)22-31-41-29-13-9-25-18-23(7-11-27(25)34(29)43-31)24-8-12-28-26(19-24)10-14-30-35(28)44-36(42-30)38(2)15-6-17-46(38)33(48)20-39-3;1-2-4-6-5-3-1;1-3-2;1-4-2-3;4*1-2/h7-14,18-19,39H,5-6,15-17,20-22H2,1-4H3,(H,40,49)(H,41,43)(H,42,44);1-5H2;3H2,1-2H3;2H,1H3;4*1-2H3/t38-;;;;;;;/m0......./s1. The number of fused-ring (bicyclic) bond motifs is 6. The van der Waals surface area contributed by atoms with E-state index in [1.807, 2.05) is 73.3 Å². The summed E-state index contributed by atoms with van der Waals surface area (Å²) in [7, 11) is 4.38. The third kappa shape index (κ3) is 17.9. The maximum atomic E-state index is 12.9. The first-order valence-electron chi connectivity index (χ1n) is 26.0. The lowest BCUT2D eigenvalue weighted by Crippen LogP contribution is -2.46. The van der Waals surface area contributed by atoms with E-state index in [4.69, 9.17) is 19.5 Å². The quantitative estimate of drug-likeness (QED) is 0.0911. The molecule has 15 heteroatoms. The van der Waals surface area contributed by atoms with E-state index in [0.717, 1.165) is 99.6 Å². The Morgan fingerprint density at radius 2 is 1.31 bits per heavy atom.